The number of hydrogen-bond donors (Lipinski definition) is 2. The molecular formula is C14H20ClNO4S. The molecular weight excluding hydrogens is 314 g/mol. The highest BCUT2D eigenvalue weighted by molar-refractivity contribution is 7.89. The van der Waals surface area contributed by atoms with Gasteiger partial charge in [-0.2, -0.15) is 0 Å². The van der Waals surface area contributed by atoms with E-state index < -0.39 is 10.0 Å². The predicted octanol–water partition coefficient (Wildman–Crippen LogP) is 1.93. The highest BCUT2D eigenvalue weighted by Crippen LogP contribution is 2.23. The summed E-state index contributed by atoms with van der Waals surface area (Å²) in [5.74, 6) is 0.276. The maximum Gasteiger partial charge on any atom is 0.240 e. The Hall–Kier alpha value is -0.660. The predicted molar refractivity (Wildman–Crippen MR) is 80.7 cm³/mol. The molecule has 1 heterocycles. The average molecular weight is 334 g/mol. The van der Waals surface area contributed by atoms with Crippen molar-refractivity contribution in [1.82, 2.24) is 4.72 Å². The van der Waals surface area contributed by atoms with E-state index in [0.29, 0.717) is 23.8 Å². The normalized spacial score (nSPS) is 18.6. The molecule has 2 N–H and O–H groups in total. The summed E-state index contributed by atoms with van der Waals surface area (Å²) in [6, 6.07) is 4.18. The van der Waals surface area contributed by atoms with Crippen molar-refractivity contribution >= 4 is 21.6 Å². The fourth-order valence-corrected chi connectivity index (χ4v) is 4.00. The van der Waals surface area contributed by atoms with Gasteiger partial charge in [-0.05, 0) is 49.4 Å². The molecule has 1 saturated heterocycles. The molecule has 0 saturated carbocycles. The Balaban J connectivity index is 2.14. The molecule has 0 aliphatic carbocycles. The van der Waals surface area contributed by atoms with Crippen LogP contribution < -0.4 is 4.72 Å². The molecule has 1 aliphatic rings. The number of aliphatic hydroxyl groups is 1. The Bertz CT molecular complexity index is 585. The minimum absolute atomic E-state index is 0.120. The third kappa shape index (κ3) is 4.17. The van der Waals surface area contributed by atoms with Gasteiger partial charge in [-0.15, -0.1) is 0 Å². The largest absolute Gasteiger partial charge is 0.392 e. The summed E-state index contributed by atoms with van der Waals surface area (Å²) < 4.78 is 32.8. The third-order valence-electron chi connectivity index (χ3n) is 3.81. The average Bonchev–Trinajstić information content (AvgIpc) is 2.48. The van der Waals surface area contributed by atoms with Crippen LogP contribution in [0.5, 0.6) is 0 Å². The summed E-state index contributed by atoms with van der Waals surface area (Å²) in [5, 5.41) is 9.54. The Morgan fingerprint density at radius 1 is 1.43 bits per heavy atom. The minimum Gasteiger partial charge on any atom is -0.392 e. The summed E-state index contributed by atoms with van der Waals surface area (Å²) in [4.78, 5) is 0.120. The van der Waals surface area contributed by atoms with Crippen molar-refractivity contribution in [3.8, 4) is 0 Å². The number of ether oxygens (including phenoxy) is 1. The van der Waals surface area contributed by atoms with Crippen molar-refractivity contribution in [2.75, 3.05) is 13.2 Å². The fraction of sp³-hybridized carbons (Fsp3) is 0.571. The van der Waals surface area contributed by atoms with Gasteiger partial charge in [0.1, 0.15) is 0 Å². The van der Waals surface area contributed by atoms with Crippen LogP contribution in [0.2, 0.25) is 5.02 Å². The monoisotopic (exact) mass is 333 g/mol. The highest BCUT2D eigenvalue weighted by atomic mass is 35.5. The molecule has 0 aromatic heterocycles. The standard InChI is InChI=1S/C14H20ClNO4S/c1-10(11-4-6-20-7-5-11)16-21(18,19)13-2-3-14(15)12(8-13)9-17/h2-3,8,10-11,16-17H,4-7,9H2,1H3. The molecule has 0 radical (unpaired) electrons. The number of nitrogens with one attached hydrogen (secondary N) is 1. The SMILES string of the molecule is CC(NS(=O)(=O)c1ccc(Cl)c(CO)c1)C1CCOCC1. The maximum absolute atomic E-state index is 12.4. The summed E-state index contributed by atoms with van der Waals surface area (Å²) >= 11 is 5.88. The number of halogens is 1. The first-order valence-corrected chi connectivity index (χ1v) is 8.79. The van der Waals surface area contributed by atoms with Crippen molar-refractivity contribution in [2.45, 2.75) is 37.3 Å². The van der Waals surface area contributed by atoms with Gasteiger partial charge in [-0.1, -0.05) is 11.6 Å². The molecule has 21 heavy (non-hydrogen) atoms. The molecule has 118 valence electrons. The number of rotatable bonds is 5. The van der Waals surface area contributed by atoms with Gasteiger partial charge in [0.15, 0.2) is 0 Å². The zero-order chi connectivity index (χ0) is 15.5. The lowest BCUT2D eigenvalue weighted by molar-refractivity contribution is 0.0585. The second kappa shape index (κ2) is 7.07. The maximum atomic E-state index is 12.4. The van der Waals surface area contributed by atoms with E-state index in [4.69, 9.17) is 16.3 Å². The molecule has 2 rings (SSSR count). The van der Waals surface area contributed by atoms with Crippen LogP contribution in [-0.2, 0) is 21.4 Å². The molecule has 1 unspecified atom stereocenters. The Labute approximate surface area is 130 Å². The van der Waals surface area contributed by atoms with Crippen molar-refractivity contribution < 1.29 is 18.3 Å². The van der Waals surface area contributed by atoms with E-state index in [1.54, 1.807) is 0 Å². The van der Waals surface area contributed by atoms with Crippen LogP contribution in [0.4, 0.5) is 0 Å². The van der Waals surface area contributed by atoms with Crippen LogP contribution in [0.15, 0.2) is 23.1 Å². The van der Waals surface area contributed by atoms with Crippen LogP contribution in [0, 0.1) is 5.92 Å². The van der Waals surface area contributed by atoms with E-state index in [2.05, 4.69) is 4.72 Å². The lowest BCUT2D eigenvalue weighted by Gasteiger charge is -2.28. The molecule has 1 fully saturated rings. The van der Waals surface area contributed by atoms with Crippen LogP contribution >= 0.6 is 11.6 Å². The fourth-order valence-electron chi connectivity index (χ4n) is 2.46. The quantitative estimate of drug-likeness (QED) is 0.863. The first kappa shape index (κ1) is 16.7. The molecule has 1 atom stereocenters. The number of aliphatic hydroxyl groups excluding tert-OH is 1. The van der Waals surface area contributed by atoms with Gasteiger partial charge in [0.25, 0.3) is 0 Å². The molecule has 0 amide bonds. The number of hydrogen-bond acceptors (Lipinski definition) is 4. The molecule has 7 heteroatoms. The molecule has 5 nitrogen and oxygen atoms in total. The summed E-state index contributed by atoms with van der Waals surface area (Å²) in [7, 11) is -3.62. The van der Waals surface area contributed by atoms with E-state index in [0.717, 1.165) is 12.8 Å². The van der Waals surface area contributed by atoms with Crippen molar-refractivity contribution in [3.05, 3.63) is 28.8 Å². The molecule has 1 aromatic carbocycles. The Kier molecular flexibility index (Phi) is 5.62. The zero-order valence-corrected chi connectivity index (χ0v) is 13.5. The lowest BCUT2D eigenvalue weighted by atomic mass is 9.94. The second-order valence-electron chi connectivity index (χ2n) is 5.27. The van der Waals surface area contributed by atoms with Crippen LogP contribution in [0.3, 0.4) is 0 Å². The van der Waals surface area contributed by atoms with E-state index in [1.165, 1.54) is 18.2 Å². The molecule has 1 aliphatic heterocycles. The van der Waals surface area contributed by atoms with Crippen molar-refractivity contribution in [2.24, 2.45) is 5.92 Å². The van der Waals surface area contributed by atoms with Crippen molar-refractivity contribution in [3.63, 3.8) is 0 Å². The third-order valence-corrected chi connectivity index (χ3v) is 5.74. The molecule has 0 bridgehead atoms. The topological polar surface area (TPSA) is 75.6 Å². The summed E-state index contributed by atoms with van der Waals surface area (Å²) in [6.07, 6.45) is 1.71. The van der Waals surface area contributed by atoms with Gasteiger partial charge in [0.05, 0.1) is 11.5 Å². The second-order valence-corrected chi connectivity index (χ2v) is 7.39. The van der Waals surface area contributed by atoms with Gasteiger partial charge in [-0.25, -0.2) is 13.1 Å². The van der Waals surface area contributed by atoms with Gasteiger partial charge in [0.2, 0.25) is 10.0 Å². The first-order valence-electron chi connectivity index (χ1n) is 6.93. The molecule has 1 aromatic rings. The van der Waals surface area contributed by atoms with E-state index in [1.807, 2.05) is 6.92 Å². The zero-order valence-electron chi connectivity index (χ0n) is 11.9. The summed E-state index contributed by atoms with van der Waals surface area (Å²) in [6.45, 7) is 2.92. The van der Waals surface area contributed by atoms with Crippen LogP contribution in [0.1, 0.15) is 25.3 Å². The van der Waals surface area contributed by atoms with Crippen molar-refractivity contribution in [1.29, 1.82) is 0 Å². The lowest BCUT2D eigenvalue weighted by Crippen LogP contribution is -2.40. The van der Waals surface area contributed by atoms with E-state index >= 15 is 0 Å². The summed E-state index contributed by atoms with van der Waals surface area (Å²) in [5.41, 5.74) is 0.401. The van der Waals surface area contributed by atoms with Gasteiger partial charge >= 0.3 is 0 Å². The number of benzene rings is 1. The number of sulfonamides is 1. The molecule has 0 spiro atoms. The first-order chi connectivity index (χ1) is 9.94. The highest BCUT2D eigenvalue weighted by Gasteiger charge is 2.25. The van der Waals surface area contributed by atoms with Gasteiger partial charge in [-0.3, -0.25) is 0 Å². The Morgan fingerprint density at radius 3 is 2.71 bits per heavy atom. The van der Waals surface area contributed by atoms with Gasteiger partial charge in [0, 0.05) is 24.3 Å². The van der Waals surface area contributed by atoms with Gasteiger partial charge < -0.3 is 9.84 Å². The van der Waals surface area contributed by atoms with E-state index in [-0.39, 0.29) is 23.5 Å². The minimum atomic E-state index is -3.62. The Morgan fingerprint density at radius 2 is 2.10 bits per heavy atom. The van der Waals surface area contributed by atoms with Crippen LogP contribution in [0.25, 0.3) is 0 Å². The smallest absolute Gasteiger partial charge is 0.240 e. The van der Waals surface area contributed by atoms with E-state index in [9.17, 15) is 13.5 Å². The van der Waals surface area contributed by atoms with Crippen LogP contribution in [-0.4, -0.2) is 32.8 Å².